The van der Waals surface area contributed by atoms with E-state index in [0.717, 1.165) is 47.3 Å². The molecule has 160 valence electrons. The number of aliphatic hydroxyl groups excluding tert-OH is 1. The number of fused-ring (bicyclic) bond motifs is 2. The number of hydrogen-bond acceptors (Lipinski definition) is 7. The summed E-state index contributed by atoms with van der Waals surface area (Å²) in [6.07, 6.45) is 4.79. The van der Waals surface area contributed by atoms with Gasteiger partial charge >= 0.3 is 6.03 Å². The molecule has 0 saturated carbocycles. The standard InChI is InChI=1S/C19H22N4O5S2/c1-19(27,9-24)17-21-8-14(29-17)30(20,28)23-18(26)22-16-12-4-2-3-10(12)7-11-5-6-13(25)15(11)16/h7-8,24,27H,2-6,9H2,1H3,(H3,20,22,23,26,28)/t19-,30?/m1/s1. The maximum atomic E-state index is 12.9. The Bertz CT molecular complexity index is 1180. The molecule has 30 heavy (non-hydrogen) atoms. The van der Waals surface area contributed by atoms with Crippen molar-refractivity contribution >= 4 is 38.8 Å². The van der Waals surface area contributed by atoms with E-state index < -0.39 is 28.2 Å². The lowest BCUT2D eigenvalue weighted by Gasteiger charge is -2.16. The van der Waals surface area contributed by atoms with Crippen molar-refractivity contribution in [3.63, 3.8) is 0 Å². The van der Waals surface area contributed by atoms with Gasteiger partial charge in [-0.05, 0) is 49.3 Å². The van der Waals surface area contributed by atoms with Crippen LogP contribution in [0, 0.1) is 0 Å². The van der Waals surface area contributed by atoms with Crippen LogP contribution < -0.4 is 10.5 Å². The number of ketones is 1. The molecule has 0 bridgehead atoms. The minimum atomic E-state index is -3.63. The number of amides is 2. The molecule has 2 aliphatic carbocycles. The highest BCUT2D eigenvalue weighted by Crippen LogP contribution is 2.38. The van der Waals surface area contributed by atoms with Crippen molar-refractivity contribution < 1.29 is 24.0 Å². The second-order valence-electron chi connectivity index (χ2n) is 7.71. The number of nitrogens with zero attached hydrogens (tertiary/aromatic N) is 2. The topological polar surface area (TPSA) is 155 Å². The van der Waals surface area contributed by atoms with Crippen LogP contribution >= 0.6 is 11.3 Å². The average molecular weight is 451 g/mol. The molecule has 11 heteroatoms. The van der Waals surface area contributed by atoms with Crippen LogP contribution in [0.2, 0.25) is 0 Å². The summed E-state index contributed by atoms with van der Waals surface area (Å²) in [7, 11) is -3.63. The average Bonchev–Trinajstić information content (AvgIpc) is 3.41. The van der Waals surface area contributed by atoms with Gasteiger partial charge in [0.15, 0.2) is 15.7 Å². The van der Waals surface area contributed by atoms with E-state index in [1.807, 2.05) is 6.07 Å². The molecule has 9 nitrogen and oxygen atoms in total. The minimum absolute atomic E-state index is 0.000899. The van der Waals surface area contributed by atoms with Crippen molar-refractivity contribution in [1.29, 1.82) is 0 Å². The van der Waals surface area contributed by atoms with Gasteiger partial charge in [-0.2, -0.15) is 0 Å². The van der Waals surface area contributed by atoms with Crippen LogP contribution in [0.4, 0.5) is 10.5 Å². The highest BCUT2D eigenvalue weighted by molar-refractivity contribution is 7.93. The van der Waals surface area contributed by atoms with E-state index in [9.17, 15) is 24.0 Å². The predicted molar refractivity (Wildman–Crippen MR) is 112 cm³/mol. The van der Waals surface area contributed by atoms with Crippen LogP contribution in [0.5, 0.6) is 0 Å². The van der Waals surface area contributed by atoms with E-state index in [1.54, 1.807) is 0 Å². The number of benzene rings is 1. The minimum Gasteiger partial charge on any atom is -0.393 e. The van der Waals surface area contributed by atoms with Gasteiger partial charge in [-0.15, -0.1) is 15.7 Å². The third-order valence-electron chi connectivity index (χ3n) is 5.37. The van der Waals surface area contributed by atoms with Gasteiger partial charge in [0.2, 0.25) is 0 Å². The number of hydrogen-bond donors (Lipinski definition) is 4. The van der Waals surface area contributed by atoms with Crippen LogP contribution in [0.3, 0.4) is 0 Å². The Morgan fingerprint density at radius 1 is 1.37 bits per heavy atom. The van der Waals surface area contributed by atoms with E-state index in [0.29, 0.717) is 24.1 Å². The van der Waals surface area contributed by atoms with Crippen LogP contribution in [-0.4, -0.2) is 37.8 Å². The number of thiazole rings is 1. The molecular weight excluding hydrogens is 428 g/mol. The summed E-state index contributed by atoms with van der Waals surface area (Å²) in [5.41, 5.74) is 2.32. The predicted octanol–water partition coefficient (Wildman–Crippen LogP) is 1.89. The first-order valence-corrected chi connectivity index (χ1v) is 11.9. The monoisotopic (exact) mass is 450 g/mol. The maximum Gasteiger partial charge on any atom is 0.354 e. The van der Waals surface area contributed by atoms with Crippen LogP contribution in [0.1, 0.15) is 51.8 Å². The van der Waals surface area contributed by atoms with Crippen molar-refractivity contribution in [3.05, 3.63) is 39.5 Å². The molecule has 0 radical (unpaired) electrons. The summed E-state index contributed by atoms with van der Waals surface area (Å²) in [6, 6.07) is 1.14. The SMILES string of the molecule is C[C@@](O)(CO)c1ncc(S(N)(=O)=NC(=O)Nc2c3c(cc4c2C(=O)CC4)CCC3)s1. The van der Waals surface area contributed by atoms with E-state index in [-0.39, 0.29) is 15.0 Å². The Balaban J connectivity index is 1.67. The highest BCUT2D eigenvalue weighted by Gasteiger charge is 2.30. The zero-order valence-electron chi connectivity index (χ0n) is 16.3. The van der Waals surface area contributed by atoms with Gasteiger partial charge in [-0.1, -0.05) is 6.07 Å². The fourth-order valence-electron chi connectivity index (χ4n) is 3.84. The summed E-state index contributed by atoms with van der Waals surface area (Å²) in [4.78, 5) is 28.9. The molecule has 2 atom stereocenters. The van der Waals surface area contributed by atoms with Crippen LogP contribution in [-0.2, 0) is 34.8 Å². The maximum absolute atomic E-state index is 12.9. The molecular formula is C19H22N4O5S2. The lowest BCUT2D eigenvalue weighted by Crippen LogP contribution is -2.25. The number of anilines is 1. The lowest BCUT2D eigenvalue weighted by atomic mass is 9.98. The second-order valence-corrected chi connectivity index (χ2v) is 10.8. The summed E-state index contributed by atoms with van der Waals surface area (Å²) >= 11 is 0.811. The van der Waals surface area contributed by atoms with Crippen LogP contribution in [0.15, 0.2) is 20.8 Å². The summed E-state index contributed by atoms with van der Waals surface area (Å²) in [5, 5.41) is 27.9. The molecule has 0 aliphatic heterocycles. The Morgan fingerprint density at radius 2 is 2.13 bits per heavy atom. The molecule has 2 aliphatic rings. The highest BCUT2D eigenvalue weighted by atomic mass is 32.2. The number of nitrogens with two attached hydrogens (primary N) is 1. The number of aryl methyl sites for hydroxylation is 2. The number of aliphatic hydroxyl groups is 2. The number of carbonyl (C=O) groups excluding carboxylic acids is 2. The molecule has 0 saturated heterocycles. The smallest absolute Gasteiger partial charge is 0.354 e. The molecule has 1 heterocycles. The van der Waals surface area contributed by atoms with Gasteiger partial charge in [-0.3, -0.25) is 4.79 Å². The molecule has 2 aromatic rings. The van der Waals surface area contributed by atoms with Gasteiger partial charge in [0.1, 0.15) is 14.8 Å². The van der Waals surface area contributed by atoms with Gasteiger partial charge < -0.3 is 15.5 Å². The fourth-order valence-corrected chi connectivity index (χ4v) is 5.94. The molecule has 0 fully saturated rings. The zero-order chi connectivity index (χ0) is 21.7. The lowest BCUT2D eigenvalue weighted by molar-refractivity contribution is -0.00244. The van der Waals surface area contributed by atoms with Crippen molar-refractivity contribution in [2.75, 3.05) is 11.9 Å². The molecule has 0 spiro atoms. The second kappa shape index (κ2) is 7.50. The number of Topliss-reactive ketones (excluding diaryl/α,β-unsaturated/α-hetero) is 1. The largest absolute Gasteiger partial charge is 0.393 e. The molecule has 1 aromatic carbocycles. The zero-order valence-corrected chi connectivity index (χ0v) is 17.9. The number of aromatic nitrogens is 1. The fraction of sp³-hybridized carbons (Fsp3) is 0.421. The first-order valence-electron chi connectivity index (χ1n) is 9.48. The Morgan fingerprint density at radius 3 is 2.87 bits per heavy atom. The van der Waals surface area contributed by atoms with Crippen molar-refractivity contribution in [1.82, 2.24) is 4.98 Å². The molecule has 2 amide bonds. The Hall–Kier alpha value is -2.18. The Labute approximate surface area is 177 Å². The first-order chi connectivity index (χ1) is 14.1. The van der Waals surface area contributed by atoms with Crippen molar-refractivity contribution in [2.24, 2.45) is 9.50 Å². The normalized spacial score (nSPS) is 19.0. The number of urea groups is 1. The van der Waals surface area contributed by atoms with Gasteiger partial charge in [0, 0.05) is 12.0 Å². The van der Waals surface area contributed by atoms with E-state index in [2.05, 4.69) is 14.7 Å². The molecule has 1 unspecified atom stereocenters. The van der Waals surface area contributed by atoms with E-state index >= 15 is 0 Å². The first kappa shape index (κ1) is 21.1. The summed E-state index contributed by atoms with van der Waals surface area (Å²) < 4.78 is 16.5. The van der Waals surface area contributed by atoms with E-state index in [1.165, 1.54) is 13.1 Å². The quantitative estimate of drug-likeness (QED) is 0.557. The van der Waals surface area contributed by atoms with Gasteiger partial charge in [0.25, 0.3) is 0 Å². The number of nitrogens with one attached hydrogen (secondary N) is 1. The van der Waals surface area contributed by atoms with Gasteiger partial charge in [-0.25, -0.2) is 19.1 Å². The summed E-state index contributed by atoms with van der Waals surface area (Å²) in [6.45, 7) is 0.771. The summed E-state index contributed by atoms with van der Waals surface area (Å²) in [5.74, 6) is -0.0261. The number of rotatable bonds is 4. The third-order valence-corrected chi connectivity index (χ3v) is 8.50. The molecule has 1 aromatic heterocycles. The van der Waals surface area contributed by atoms with Crippen molar-refractivity contribution in [2.45, 2.75) is 48.8 Å². The molecule has 4 rings (SSSR count). The van der Waals surface area contributed by atoms with Crippen molar-refractivity contribution in [3.8, 4) is 0 Å². The van der Waals surface area contributed by atoms with Crippen LogP contribution in [0.25, 0.3) is 0 Å². The van der Waals surface area contributed by atoms with E-state index in [4.69, 9.17) is 5.14 Å². The Kier molecular flexibility index (Phi) is 5.27. The van der Waals surface area contributed by atoms with Gasteiger partial charge in [0.05, 0.1) is 18.5 Å². The third kappa shape index (κ3) is 3.67. The number of carbonyl (C=O) groups is 2. The molecule has 5 N–H and O–H groups in total.